The molecule has 20 heavy (non-hydrogen) atoms. The molecule has 2 rings (SSSR count). The average molecular weight is 288 g/mol. The van der Waals surface area contributed by atoms with Crippen molar-refractivity contribution in [3.63, 3.8) is 0 Å². The van der Waals surface area contributed by atoms with Crippen LogP contribution in [-0.4, -0.2) is 4.98 Å². The zero-order chi connectivity index (χ0) is 14.7. The van der Waals surface area contributed by atoms with Crippen LogP contribution in [0.1, 0.15) is 59.4 Å². The number of hydrogen-bond donors (Lipinski definition) is 1. The van der Waals surface area contributed by atoms with Gasteiger partial charge in [0.05, 0.1) is 10.7 Å². The summed E-state index contributed by atoms with van der Waals surface area (Å²) in [5.41, 5.74) is 3.89. The van der Waals surface area contributed by atoms with Crippen molar-refractivity contribution in [2.24, 2.45) is 0 Å². The summed E-state index contributed by atoms with van der Waals surface area (Å²) >= 11 is 1.79. The van der Waals surface area contributed by atoms with Crippen molar-refractivity contribution in [1.29, 1.82) is 0 Å². The minimum absolute atomic E-state index is 0.353. The highest BCUT2D eigenvalue weighted by Crippen LogP contribution is 2.24. The zero-order valence-corrected chi connectivity index (χ0v) is 13.8. The summed E-state index contributed by atoms with van der Waals surface area (Å²) < 4.78 is 0. The van der Waals surface area contributed by atoms with E-state index >= 15 is 0 Å². The summed E-state index contributed by atoms with van der Waals surface area (Å²) in [5, 5.41) is 4.73. The van der Waals surface area contributed by atoms with Gasteiger partial charge in [-0.25, -0.2) is 4.98 Å². The average Bonchev–Trinajstić information content (AvgIpc) is 2.75. The lowest BCUT2D eigenvalue weighted by atomic mass is 10.0. The molecule has 1 aromatic heterocycles. The van der Waals surface area contributed by atoms with Crippen LogP contribution >= 0.6 is 11.3 Å². The minimum atomic E-state index is 0.353. The molecule has 0 fully saturated rings. The van der Waals surface area contributed by atoms with E-state index in [0.29, 0.717) is 12.0 Å². The van der Waals surface area contributed by atoms with Gasteiger partial charge in [0, 0.05) is 17.5 Å². The van der Waals surface area contributed by atoms with E-state index in [9.17, 15) is 0 Å². The Morgan fingerprint density at radius 3 is 2.25 bits per heavy atom. The molecule has 1 N–H and O–H groups in total. The fourth-order valence-electron chi connectivity index (χ4n) is 2.33. The van der Waals surface area contributed by atoms with Crippen molar-refractivity contribution in [3.05, 3.63) is 51.0 Å². The SMILES string of the molecule is Cc1nc(C)c(C(C)NCc2ccc(C(C)C)cc2)s1. The Balaban J connectivity index is 1.96. The molecule has 0 saturated carbocycles. The van der Waals surface area contributed by atoms with Gasteiger partial charge in [-0.05, 0) is 37.8 Å². The largest absolute Gasteiger partial charge is 0.305 e. The molecular weight excluding hydrogens is 264 g/mol. The predicted molar refractivity (Wildman–Crippen MR) is 87.4 cm³/mol. The van der Waals surface area contributed by atoms with Crippen LogP contribution < -0.4 is 5.32 Å². The fraction of sp³-hybridized carbons (Fsp3) is 0.471. The van der Waals surface area contributed by atoms with Crippen LogP contribution in [0.3, 0.4) is 0 Å². The molecule has 1 atom stereocenters. The second kappa shape index (κ2) is 6.51. The maximum atomic E-state index is 4.50. The van der Waals surface area contributed by atoms with E-state index in [1.165, 1.54) is 16.0 Å². The maximum Gasteiger partial charge on any atom is 0.0900 e. The highest BCUT2D eigenvalue weighted by Gasteiger charge is 2.12. The first-order valence-corrected chi connectivity index (χ1v) is 8.05. The molecule has 1 heterocycles. The van der Waals surface area contributed by atoms with Crippen LogP contribution in [0.5, 0.6) is 0 Å². The summed E-state index contributed by atoms with van der Waals surface area (Å²) in [5.74, 6) is 0.596. The number of aromatic nitrogens is 1. The van der Waals surface area contributed by atoms with Crippen molar-refractivity contribution >= 4 is 11.3 Å². The normalized spacial score (nSPS) is 12.9. The van der Waals surface area contributed by atoms with Gasteiger partial charge in [-0.15, -0.1) is 11.3 Å². The van der Waals surface area contributed by atoms with E-state index in [1.54, 1.807) is 11.3 Å². The minimum Gasteiger partial charge on any atom is -0.305 e. The van der Waals surface area contributed by atoms with Crippen molar-refractivity contribution in [2.75, 3.05) is 0 Å². The standard InChI is InChI=1S/C17H24N2S/c1-11(2)16-8-6-15(7-9-16)10-18-12(3)17-13(4)19-14(5)20-17/h6-9,11-12,18H,10H2,1-5H3. The fourth-order valence-corrected chi connectivity index (χ4v) is 3.29. The first-order valence-electron chi connectivity index (χ1n) is 7.23. The van der Waals surface area contributed by atoms with Crippen molar-refractivity contribution in [1.82, 2.24) is 10.3 Å². The zero-order valence-electron chi connectivity index (χ0n) is 13.0. The number of nitrogens with zero attached hydrogens (tertiary/aromatic N) is 1. The van der Waals surface area contributed by atoms with Crippen molar-refractivity contribution in [3.8, 4) is 0 Å². The molecule has 0 aliphatic carbocycles. The Hall–Kier alpha value is -1.19. The van der Waals surface area contributed by atoms with Crippen LogP contribution in [0.25, 0.3) is 0 Å². The van der Waals surface area contributed by atoms with Gasteiger partial charge >= 0.3 is 0 Å². The number of aryl methyl sites for hydroxylation is 2. The summed E-state index contributed by atoms with van der Waals surface area (Å²) in [6.07, 6.45) is 0. The summed E-state index contributed by atoms with van der Waals surface area (Å²) in [6.45, 7) is 11.7. The molecule has 3 heteroatoms. The lowest BCUT2D eigenvalue weighted by Crippen LogP contribution is -2.17. The van der Waals surface area contributed by atoms with Gasteiger partial charge in [-0.1, -0.05) is 38.1 Å². The van der Waals surface area contributed by atoms with E-state index in [-0.39, 0.29) is 0 Å². The number of hydrogen-bond acceptors (Lipinski definition) is 3. The van der Waals surface area contributed by atoms with Gasteiger partial charge in [0.2, 0.25) is 0 Å². The van der Waals surface area contributed by atoms with Gasteiger partial charge in [-0.2, -0.15) is 0 Å². The van der Waals surface area contributed by atoms with E-state index in [1.807, 2.05) is 0 Å². The third kappa shape index (κ3) is 3.68. The lowest BCUT2D eigenvalue weighted by molar-refractivity contribution is 0.579. The summed E-state index contributed by atoms with van der Waals surface area (Å²) in [6, 6.07) is 9.26. The third-order valence-electron chi connectivity index (χ3n) is 3.59. The number of nitrogens with one attached hydrogen (secondary N) is 1. The van der Waals surface area contributed by atoms with Gasteiger partial charge in [0.15, 0.2) is 0 Å². The molecular formula is C17H24N2S. The third-order valence-corrected chi connectivity index (χ3v) is 4.85. The molecule has 0 saturated heterocycles. The molecule has 1 unspecified atom stereocenters. The number of benzene rings is 1. The molecule has 2 nitrogen and oxygen atoms in total. The molecule has 0 spiro atoms. The topological polar surface area (TPSA) is 24.9 Å². The monoisotopic (exact) mass is 288 g/mol. The van der Waals surface area contributed by atoms with Crippen LogP contribution in [0.2, 0.25) is 0 Å². The molecule has 0 aliphatic heterocycles. The second-order valence-electron chi connectivity index (χ2n) is 5.68. The Kier molecular flexibility index (Phi) is 4.95. The first kappa shape index (κ1) is 15.2. The van der Waals surface area contributed by atoms with E-state index < -0.39 is 0 Å². The molecule has 0 amide bonds. The second-order valence-corrected chi connectivity index (χ2v) is 6.92. The summed E-state index contributed by atoms with van der Waals surface area (Å²) in [7, 11) is 0. The Morgan fingerprint density at radius 1 is 1.10 bits per heavy atom. The van der Waals surface area contributed by atoms with Crippen molar-refractivity contribution in [2.45, 2.75) is 53.1 Å². The summed E-state index contributed by atoms with van der Waals surface area (Å²) in [4.78, 5) is 5.85. The molecule has 0 aliphatic rings. The van der Waals surface area contributed by atoms with Crippen molar-refractivity contribution < 1.29 is 0 Å². The van der Waals surface area contributed by atoms with E-state index in [0.717, 1.165) is 17.2 Å². The van der Waals surface area contributed by atoms with Crippen LogP contribution in [0, 0.1) is 13.8 Å². The Bertz CT molecular complexity index is 555. The number of rotatable bonds is 5. The molecule has 1 aromatic carbocycles. The smallest absolute Gasteiger partial charge is 0.0900 e. The van der Waals surface area contributed by atoms with Gasteiger partial charge in [-0.3, -0.25) is 0 Å². The van der Waals surface area contributed by atoms with Gasteiger partial charge in [0.25, 0.3) is 0 Å². The molecule has 108 valence electrons. The maximum absolute atomic E-state index is 4.50. The lowest BCUT2D eigenvalue weighted by Gasteiger charge is -2.13. The van der Waals surface area contributed by atoms with Crippen LogP contribution in [0.15, 0.2) is 24.3 Å². The highest BCUT2D eigenvalue weighted by molar-refractivity contribution is 7.11. The molecule has 0 bridgehead atoms. The van der Waals surface area contributed by atoms with E-state index in [4.69, 9.17) is 0 Å². The predicted octanol–water partition coefficient (Wildman–Crippen LogP) is 4.73. The molecule has 0 radical (unpaired) electrons. The highest BCUT2D eigenvalue weighted by atomic mass is 32.1. The van der Waals surface area contributed by atoms with Gasteiger partial charge < -0.3 is 5.32 Å². The van der Waals surface area contributed by atoms with Crippen LogP contribution in [0.4, 0.5) is 0 Å². The number of thiazole rings is 1. The molecule has 2 aromatic rings. The Morgan fingerprint density at radius 2 is 1.75 bits per heavy atom. The quantitative estimate of drug-likeness (QED) is 0.860. The Labute approximate surface area is 126 Å². The first-order chi connectivity index (χ1) is 9.47. The van der Waals surface area contributed by atoms with E-state index in [2.05, 4.69) is 69.2 Å². The van der Waals surface area contributed by atoms with Crippen LogP contribution in [-0.2, 0) is 6.54 Å². The van der Waals surface area contributed by atoms with Gasteiger partial charge in [0.1, 0.15) is 0 Å².